The summed E-state index contributed by atoms with van der Waals surface area (Å²) in [6, 6.07) is 6.25. The van der Waals surface area contributed by atoms with Gasteiger partial charge in [0.15, 0.2) is 0 Å². The molecule has 1 heterocycles. The standard InChI is InChI=1S/C14H16BrN3O/c1-9-4-5-13(12(15)6-9)19-14-17-8-11(7-16-3)10(2)18-14/h4-6,8,16H,7H2,1-3H3. The third-order valence-corrected chi connectivity index (χ3v) is 3.33. The lowest BCUT2D eigenvalue weighted by atomic mass is 10.2. The lowest BCUT2D eigenvalue weighted by molar-refractivity contribution is 0.436. The van der Waals surface area contributed by atoms with Gasteiger partial charge in [-0.15, -0.1) is 0 Å². The number of halogens is 1. The van der Waals surface area contributed by atoms with Crippen LogP contribution in [0.4, 0.5) is 0 Å². The van der Waals surface area contributed by atoms with Crippen molar-refractivity contribution in [2.24, 2.45) is 0 Å². The van der Waals surface area contributed by atoms with Gasteiger partial charge in [-0.25, -0.2) is 4.98 Å². The van der Waals surface area contributed by atoms with Crippen molar-refractivity contribution < 1.29 is 4.74 Å². The van der Waals surface area contributed by atoms with E-state index in [9.17, 15) is 0 Å². The number of benzene rings is 1. The summed E-state index contributed by atoms with van der Waals surface area (Å²) in [7, 11) is 1.90. The predicted molar refractivity (Wildman–Crippen MR) is 78.5 cm³/mol. The molecule has 5 heteroatoms. The van der Waals surface area contributed by atoms with Crippen molar-refractivity contribution in [1.29, 1.82) is 0 Å². The Kier molecular flexibility index (Phi) is 4.50. The summed E-state index contributed by atoms with van der Waals surface area (Å²) >= 11 is 3.47. The average Bonchev–Trinajstić information content (AvgIpc) is 2.36. The molecule has 2 rings (SSSR count). The Labute approximate surface area is 121 Å². The third kappa shape index (κ3) is 3.52. The largest absolute Gasteiger partial charge is 0.423 e. The molecule has 0 spiro atoms. The number of rotatable bonds is 4. The van der Waals surface area contributed by atoms with Gasteiger partial charge >= 0.3 is 6.01 Å². The number of hydrogen-bond acceptors (Lipinski definition) is 4. The van der Waals surface area contributed by atoms with Gasteiger partial charge in [0, 0.05) is 24.0 Å². The minimum absolute atomic E-state index is 0.363. The quantitative estimate of drug-likeness (QED) is 0.937. The molecule has 0 saturated heterocycles. The molecule has 0 saturated carbocycles. The van der Waals surface area contributed by atoms with E-state index < -0.39 is 0 Å². The molecule has 0 radical (unpaired) electrons. The zero-order valence-corrected chi connectivity index (χ0v) is 12.8. The Morgan fingerprint density at radius 3 is 2.74 bits per heavy atom. The molecule has 1 aromatic heterocycles. The molecule has 4 nitrogen and oxygen atoms in total. The fraction of sp³-hybridized carbons (Fsp3) is 0.286. The van der Waals surface area contributed by atoms with Crippen molar-refractivity contribution in [3.8, 4) is 11.8 Å². The number of aromatic nitrogens is 2. The number of nitrogens with zero attached hydrogens (tertiary/aromatic N) is 2. The van der Waals surface area contributed by atoms with Crippen LogP contribution < -0.4 is 10.1 Å². The maximum Gasteiger partial charge on any atom is 0.322 e. The molecule has 1 N–H and O–H groups in total. The molecule has 0 atom stereocenters. The fourth-order valence-corrected chi connectivity index (χ4v) is 2.25. The molecular formula is C14H16BrN3O. The van der Waals surface area contributed by atoms with Crippen molar-refractivity contribution in [2.45, 2.75) is 20.4 Å². The van der Waals surface area contributed by atoms with Gasteiger partial charge in [0.05, 0.1) is 4.47 Å². The van der Waals surface area contributed by atoms with Crippen molar-refractivity contribution in [2.75, 3.05) is 7.05 Å². The molecule has 0 amide bonds. The SMILES string of the molecule is CNCc1cnc(Oc2ccc(C)cc2Br)nc1C. The van der Waals surface area contributed by atoms with Crippen LogP contribution in [0.15, 0.2) is 28.9 Å². The minimum Gasteiger partial charge on any atom is -0.423 e. The number of aryl methyl sites for hydroxylation is 2. The molecule has 0 fully saturated rings. The Bertz CT molecular complexity index is 587. The molecule has 0 aliphatic heterocycles. The van der Waals surface area contributed by atoms with E-state index in [1.54, 1.807) is 6.20 Å². The highest BCUT2D eigenvalue weighted by molar-refractivity contribution is 9.10. The predicted octanol–water partition coefficient (Wildman–Crippen LogP) is 3.37. The zero-order chi connectivity index (χ0) is 13.8. The summed E-state index contributed by atoms with van der Waals surface area (Å²) in [6.07, 6.45) is 1.79. The second-order valence-electron chi connectivity index (χ2n) is 4.33. The van der Waals surface area contributed by atoms with Crippen molar-refractivity contribution >= 4 is 15.9 Å². The lowest BCUT2D eigenvalue weighted by Crippen LogP contribution is -2.08. The molecule has 0 bridgehead atoms. The molecule has 100 valence electrons. The summed E-state index contributed by atoms with van der Waals surface area (Å²) in [5.41, 5.74) is 3.15. The van der Waals surface area contributed by atoms with E-state index in [2.05, 4.69) is 31.2 Å². The third-order valence-electron chi connectivity index (χ3n) is 2.71. The van der Waals surface area contributed by atoms with Gasteiger partial charge < -0.3 is 10.1 Å². The first-order valence-electron chi connectivity index (χ1n) is 6.01. The van der Waals surface area contributed by atoms with E-state index in [1.807, 2.05) is 39.1 Å². The highest BCUT2D eigenvalue weighted by Gasteiger charge is 2.07. The number of nitrogens with one attached hydrogen (secondary N) is 1. The molecular weight excluding hydrogens is 306 g/mol. The molecule has 19 heavy (non-hydrogen) atoms. The molecule has 0 aliphatic carbocycles. The van der Waals surface area contributed by atoms with Crippen LogP contribution >= 0.6 is 15.9 Å². The Hall–Kier alpha value is -1.46. The van der Waals surface area contributed by atoms with Gasteiger partial charge in [0.1, 0.15) is 5.75 Å². The van der Waals surface area contributed by atoms with Crippen LogP contribution in [0.5, 0.6) is 11.8 Å². The van der Waals surface area contributed by atoms with Crippen molar-refractivity contribution in [1.82, 2.24) is 15.3 Å². The van der Waals surface area contributed by atoms with Crippen LogP contribution in [0, 0.1) is 13.8 Å². The minimum atomic E-state index is 0.363. The van der Waals surface area contributed by atoms with Crippen LogP contribution in [0.1, 0.15) is 16.8 Å². The highest BCUT2D eigenvalue weighted by atomic mass is 79.9. The van der Waals surface area contributed by atoms with Gasteiger partial charge in [-0.2, -0.15) is 4.98 Å². The van der Waals surface area contributed by atoms with Gasteiger partial charge in [0.2, 0.25) is 0 Å². The monoisotopic (exact) mass is 321 g/mol. The van der Waals surface area contributed by atoms with Crippen LogP contribution in [0.25, 0.3) is 0 Å². The Morgan fingerprint density at radius 2 is 2.11 bits per heavy atom. The van der Waals surface area contributed by atoms with E-state index in [-0.39, 0.29) is 0 Å². The first kappa shape index (κ1) is 14.0. The Balaban J connectivity index is 2.21. The Morgan fingerprint density at radius 1 is 1.32 bits per heavy atom. The summed E-state index contributed by atoms with van der Waals surface area (Å²) in [6.45, 7) is 4.73. The summed E-state index contributed by atoms with van der Waals surface area (Å²) in [4.78, 5) is 8.58. The molecule has 0 aliphatic rings. The maximum absolute atomic E-state index is 5.69. The van der Waals surface area contributed by atoms with Crippen LogP contribution in [0.2, 0.25) is 0 Å². The van der Waals surface area contributed by atoms with E-state index >= 15 is 0 Å². The number of ether oxygens (including phenoxy) is 1. The van der Waals surface area contributed by atoms with Crippen molar-refractivity contribution in [3.63, 3.8) is 0 Å². The number of hydrogen-bond donors (Lipinski definition) is 1. The van der Waals surface area contributed by atoms with Gasteiger partial charge in [-0.05, 0) is 54.5 Å². The van der Waals surface area contributed by atoms with E-state index in [0.29, 0.717) is 11.8 Å². The fourth-order valence-electron chi connectivity index (χ4n) is 1.67. The molecule has 2 aromatic rings. The summed E-state index contributed by atoms with van der Waals surface area (Å²) < 4.78 is 6.58. The normalized spacial score (nSPS) is 10.5. The van der Waals surface area contributed by atoms with Crippen LogP contribution in [0.3, 0.4) is 0 Å². The highest BCUT2D eigenvalue weighted by Crippen LogP contribution is 2.28. The second kappa shape index (κ2) is 6.12. The van der Waals surface area contributed by atoms with Gasteiger partial charge in [-0.1, -0.05) is 6.07 Å². The summed E-state index contributed by atoms with van der Waals surface area (Å²) in [5.74, 6) is 0.714. The second-order valence-corrected chi connectivity index (χ2v) is 5.18. The first-order valence-corrected chi connectivity index (χ1v) is 6.80. The van der Waals surface area contributed by atoms with Crippen LogP contribution in [-0.4, -0.2) is 17.0 Å². The molecule has 1 aromatic carbocycles. The smallest absolute Gasteiger partial charge is 0.322 e. The maximum atomic E-state index is 5.69. The lowest BCUT2D eigenvalue weighted by Gasteiger charge is -2.09. The first-order chi connectivity index (χ1) is 9.10. The van der Waals surface area contributed by atoms with Gasteiger partial charge in [0.25, 0.3) is 0 Å². The molecule has 0 unspecified atom stereocenters. The van der Waals surface area contributed by atoms with Crippen LogP contribution in [-0.2, 0) is 6.54 Å². The van der Waals surface area contributed by atoms with E-state index in [1.165, 1.54) is 5.56 Å². The van der Waals surface area contributed by atoms with E-state index in [4.69, 9.17) is 4.74 Å². The summed E-state index contributed by atoms with van der Waals surface area (Å²) in [5, 5.41) is 3.08. The van der Waals surface area contributed by atoms with E-state index in [0.717, 1.165) is 22.3 Å². The topological polar surface area (TPSA) is 47.0 Å². The van der Waals surface area contributed by atoms with Gasteiger partial charge in [-0.3, -0.25) is 0 Å². The average molecular weight is 322 g/mol. The zero-order valence-electron chi connectivity index (χ0n) is 11.2. The van der Waals surface area contributed by atoms with Crippen molar-refractivity contribution in [3.05, 3.63) is 45.7 Å².